The monoisotopic (exact) mass is 333 g/mol. The van der Waals surface area contributed by atoms with Crippen molar-refractivity contribution < 1.29 is 14.3 Å². The fourth-order valence-electron chi connectivity index (χ4n) is 3.02. The Morgan fingerprint density at radius 3 is 2.54 bits per heavy atom. The van der Waals surface area contributed by atoms with E-state index in [-0.39, 0.29) is 24.5 Å². The largest absolute Gasteiger partial charge is 0.377 e. The molecule has 0 unspecified atom stereocenters. The predicted molar refractivity (Wildman–Crippen MR) is 95.6 cm³/mol. The van der Waals surface area contributed by atoms with Crippen LogP contribution < -0.4 is 15.5 Å². The Balaban J connectivity index is 2.17. The number of nitrogens with one attached hydrogen (secondary N) is 2. The first-order valence-electron chi connectivity index (χ1n) is 8.42. The highest BCUT2D eigenvalue weighted by Gasteiger charge is 2.20. The molecule has 1 aliphatic carbocycles. The Morgan fingerprint density at radius 1 is 1.21 bits per heavy atom. The summed E-state index contributed by atoms with van der Waals surface area (Å²) in [5.74, 6) is -0.331. The molecule has 24 heavy (non-hydrogen) atoms. The van der Waals surface area contributed by atoms with Gasteiger partial charge in [-0.05, 0) is 31.0 Å². The first kappa shape index (κ1) is 18.3. The molecule has 0 radical (unpaired) electrons. The first-order chi connectivity index (χ1) is 11.5. The molecular weight excluding hydrogens is 306 g/mol. The molecule has 2 N–H and O–H groups in total. The standard InChI is InChI=1S/C18H27N3O3/c1-21(2)16-10-9-14(19-17(22)12-24-3)11-15(16)18(23)20-13-7-5-4-6-8-13/h9-11,13H,4-8,12H2,1-3H3,(H,19,22)(H,20,23). The van der Waals surface area contributed by atoms with E-state index < -0.39 is 0 Å². The lowest BCUT2D eigenvalue weighted by atomic mass is 9.95. The minimum atomic E-state index is -0.242. The molecule has 6 heteroatoms. The second-order valence-electron chi connectivity index (χ2n) is 6.42. The SMILES string of the molecule is COCC(=O)Nc1ccc(N(C)C)c(C(=O)NC2CCCCC2)c1. The van der Waals surface area contributed by atoms with Crippen molar-refractivity contribution in [2.45, 2.75) is 38.1 Å². The number of nitrogens with zero attached hydrogens (tertiary/aromatic N) is 1. The molecule has 1 saturated carbocycles. The molecule has 1 aliphatic rings. The van der Waals surface area contributed by atoms with Gasteiger partial charge in [-0.3, -0.25) is 9.59 Å². The van der Waals surface area contributed by atoms with E-state index in [1.54, 1.807) is 12.1 Å². The maximum absolute atomic E-state index is 12.7. The molecule has 0 spiro atoms. The van der Waals surface area contributed by atoms with Crippen molar-refractivity contribution in [2.24, 2.45) is 0 Å². The number of rotatable bonds is 6. The Hall–Kier alpha value is -2.08. The van der Waals surface area contributed by atoms with Crippen molar-refractivity contribution in [3.63, 3.8) is 0 Å². The molecular formula is C18H27N3O3. The van der Waals surface area contributed by atoms with Crippen LogP contribution >= 0.6 is 0 Å². The van der Waals surface area contributed by atoms with Gasteiger partial charge in [0.05, 0.1) is 5.56 Å². The summed E-state index contributed by atoms with van der Waals surface area (Å²) in [6.07, 6.45) is 5.65. The van der Waals surface area contributed by atoms with Gasteiger partial charge < -0.3 is 20.3 Å². The number of ether oxygens (including phenoxy) is 1. The van der Waals surface area contributed by atoms with Crippen LogP contribution in [0.4, 0.5) is 11.4 Å². The number of carbonyl (C=O) groups is 2. The van der Waals surface area contributed by atoms with Crippen LogP contribution in [0.2, 0.25) is 0 Å². The number of anilines is 2. The van der Waals surface area contributed by atoms with Gasteiger partial charge in [-0.25, -0.2) is 0 Å². The third kappa shape index (κ3) is 4.96. The molecule has 0 bridgehead atoms. The Bertz CT molecular complexity index is 581. The molecule has 0 aromatic heterocycles. The van der Waals surface area contributed by atoms with Gasteiger partial charge in [-0.1, -0.05) is 19.3 Å². The van der Waals surface area contributed by atoms with E-state index in [9.17, 15) is 9.59 Å². The van der Waals surface area contributed by atoms with Gasteiger partial charge in [0, 0.05) is 38.6 Å². The molecule has 0 saturated heterocycles. The van der Waals surface area contributed by atoms with Gasteiger partial charge in [0.15, 0.2) is 0 Å². The van der Waals surface area contributed by atoms with E-state index in [2.05, 4.69) is 10.6 Å². The summed E-state index contributed by atoms with van der Waals surface area (Å²) in [5.41, 5.74) is 1.99. The number of benzene rings is 1. The van der Waals surface area contributed by atoms with Crippen LogP contribution in [0.1, 0.15) is 42.5 Å². The number of amides is 2. The van der Waals surface area contributed by atoms with Gasteiger partial charge in [-0.2, -0.15) is 0 Å². The van der Waals surface area contributed by atoms with Gasteiger partial charge >= 0.3 is 0 Å². The van der Waals surface area contributed by atoms with Crippen LogP contribution in [0.3, 0.4) is 0 Å². The van der Waals surface area contributed by atoms with Gasteiger partial charge in [0.2, 0.25) is 5.91 Å². The Morgan fingerprint density at radius 2 is 1.92 bits per heavy atom. The van der Waals surface area contributed by atoms with Crippen molar-refractivity contribution in [3.8, 4) is 0 Å². The lowest BCUT2D eigenvalue weighted by Gasteiger charge is -2.24. The maximum Gasteiger partial charge on any atom is 0.253 e. The van der Waals surface area contributed by atoms with Crippen molar-refractivity contribution >= 4 is 23.2 Å². The summed E-state index contributed by atoms with van der Waals surface area (Å²) in [4.78, 5) is 26.3. The lowest BCUT2D eigenvalue weighted by Crippen LogP contribution is -2.36. The third-order valence-electron chi connectivity index (χ3n) is 4.22. The summed E-state index contributed by atoms with van der Waals surface area (Å²) < 4.78 is 4.82. The van der Waals surface area contributed by atoms with Crippen LogP contribution in [0, 0.1) is 0 Å². The van der Waals surface area contributed by atoms with E-state index in [0.29, 0.717) is 11.3 Å². The van der Waals surface area contributed by atoms with E-state index in [1.807, 2.05) is 25.1 Å². The van der Waals surface area contributed by atoms with Crippen molar-refractivity contribution in [1.82, 2.24) is 5.32 Å². The second kappa shape index (κ2) is 8.68. The zero-order valence-electron chi connectivity index (χ0n) is 14.7. The summed E-state index contributed by atoms with van der Waals surface area (Å²) in [7, 11) is 5.27. The van der Waals surface area contributed by atoms with Crippen LogP contribution in [-0.4, -0.2) is 45.7 Å². The quantitative estimate of drug-likeness (QED) is 0.839. The number of carbonyl (C=O) groups excluding carboxylic acids is 2. The fourth-order valence-corrected chi connectivity index (χ4v) is 3.02. The van der Waals surface area contributed by atoms with Crippen molar-refractivity contribution in [1.29, 1.82) is 0 Å². The zero-order valence-corrected chi connectivity index (χ0v) is 14.7. The molecule has 1 aromatic carbocycles. The van der Waals surface area contributed by atoms with Crippen molar-refractivity contribution in [2.75, 3.05) is 38.0 Å². The molecule has 1 fully saturated rings. The molecule has 0 aliphatic heterocycles. The molecule has 132 valence electrons. The number of hydrogen-bond acceptors (Lipinski definition) is 4. The van der Waals surface area contributed by atoms with Gasteiger partial charge in [0.1, 0.15) is 6.61 Å². The average molecular weight is 333 g/mol. The topological polar surface area (TPSA) is 70.7 Å². The molecule has 0 heterocycles. The van der Waals surface area contributed by atoms with Crippen LogP contribution in [0.25, 0.3) is 0 Å². The predicted octanol–water partition coefficient (Wildman–Crippen LogP) is 2.40. The van der Waals surface area contributed by atoms with Crippen LogP contribution in [-0.2, 0) is 9.53 Å². The number of methoxy groups -OCH3 is 1. The summed E-state index contributed by atoms with van der Waals surface area (Å²) in [6, 6.07) is 5.60. The highest BCUT2D eigenvalue weighted by atomic mass is 16.5. The van der Waals surface area contributed by atoms with Crippen molar-refractivity contribution in [3.05, 3.63) is 23.8 Å². The molecule has 0 atom stereocenters. The van der Waals surface area contributed by atoms with E-state index in [0.717, 1.165) is 18.5 Å². The average Bonchev–Trinajstić information content (AvgIpc) is 2.55. The van der Waals surface area contributed by atoms with Gasteiger partial charge in [-0.15, -0.1) is 0 Å². The summed E-state index contributed by atoms with van der Waals surface area (Å²) >= 11 is 0. The molecule has 2 amide bonds. The Kier molecular flexibility index (Phi) is 6.61. The maximum atomic E-state index is 12.7. The van der Waals surface area contributed by atoms with Gasteiger partial charge in [0.25, 0.3) is 5.91 Å². The van der Waals surface area contributed by atoms with E-state index >= 15 is 0 Å². The molecule has 2 rings (SSSR count). The van der Waals surface area contributed by atoms with E-state index in [1.165, 1.54) is 26.4 Å². The highest BCUT2D eigenvalue weighted by molar-refractivity contribution is 6.02. The van der Waals surface area contributed by atoms with Crippen LogP contribution in [0.15, 0.2) is 18.2 Å². The minimum Gasteiger partial charge on any atom is -0.377 e. The summed E-state index contributed by atoms with van der Waals surface area (Å²) in [6.45, 7) is -0.0148. The summed E-state index contributed by atoms with van der Waals surface area (Å²) in [5, 5.41) is 5.88. The third-order valence-corrected chi connectivity index (χ3v) is 4.22. The second-order valence-corrected chi connectivity index (χ2v) is 6.42. The lowest BCUT2D eigenvalue weighted by molar-refractivity contribution is -0.119. The smallest absolute Gasteiger partial charge is 0.253 e. The fraction of sp³-hybridized carbons (Fsp3) is 0.556. The van der Waals surface area contributed by atoms with E-state index in [4.69, 9.17) is 4.74 Å². The zero-order chi connectivity index (χ0) is 17.5. The van der Waals surface area contributed by atoms with Crippen LogP contribution in [0.5, 0.6) is 0 Å². The highest BCUT2D eigenvalue weighted by Crippen LogP contribution is 2.24. The number of hydrogen-bond donors (Lipinski definition) is 2. The first-order valence-corrected chi connectivity index (χ1v) is 8.42. The molecule has 6 nitrogen and oxygen atoms in total. The molecule has 1 aromatic rings. The Labute approximate surface area is 143 Å². The minimum absolute atomic E-state index is 0.0148. The normalized spacial score (nSPS) is 15.0.